The van der Waals surface area contributed by atoms with Gasteiger partial charge in [-0.25, -0.2) is 0 Å². The van der Waals surface area contributed by atoms with Crippen LogP contribution in [0.2, 0.25) is 0 Å². The number of likely N-dealkylation sites (tertiary alicyclic amines) is 1. The highest BCUT2D eigenvalue weighted by Crippen LogP contribution is 2.27. The molecule has 1 atom stereocenters. The summed E-state index contributed by atoms with van der Waals surface area (Å²) in [6.45, 7) is 1.69. The van der Waals surface area contributed by atoms with Crippen LogP contribution in [0.25, 0.3) is 0 Å². The summed E-state index contributed by atoms with van der Waals surface area (Å²) in [5, 5.41) is 3.82. The first-order valence-electron chi connectivity index (χ1n) is 9.06. The normalized spacial score (nSPS) is 26.8. The van der Waals surface area contributed by atoms with Crippen molar-refractivity contribution in [2.75, 3.05) is 13.1 Å². The molecule has 0 radical (unpaired) electrons. The Morgan fingerprint density at radius 3 is 2.43 bits per heavy atom. The summed E-state index contributed by atoms with van der Waals surface area (Å²) in [5.41, 5.74) is 0. The smallest absolute Gasteiger partial charge is 0.262 e. The zero-order valence-corrected chi connectivity index (χ0v) is 14.6. The Morgan fingerprint density at radius 1 is 1.09 bits per heavy atom. The Morgan fingerprint density at radius 2 is 1.74 bits per heavy atom. The molecule has 3 rings (SSSR count). The number of aliphatic imine (C=N–C) groups is 1. The number of carbonyl (C=O) groups excluding carboxylic acids is 2. The molecule has 1 N–H and O–H groups in total. The van der Waals surface area contributed by atoms with E-state index >= 15 is 0 Å². The van der Waals surface area contributed by atoms with Gasteiger partial charge in [0.05, 0.1) is 0 Å². The summed E-state index contributed by atoms with van der Waals surface area (Å²) in [7, 11) is 0. The number of amidine groups is 1. The van der Waals surface area contributed by atoms with Gasteiger partial charge in [-0.15, -0.1) is 0 Å². The van der Waals surface area contributed by atoms with E-state index in [2.05, 4.69) is 10.3 Å². The number of rotatable bonds is 3. The number of hydrogen-bond acceptors (Lipinski definition) is 4. The third-order valence-corrected chi connectivity index (χ3v) is 6.08. The van der Waals surface area contributed by atoms with Crippen LogP contribution in [0.5, 0.6) is 0 Å². The molecule has 3 aliphatic rings. The second-order valence-corrected chi connectivity index (χ2v) is 8.03. The lowest BCUT2D eigenvalue weighted by molar-refractivity contribution is -0.132. The van der Waals surface area contributed by atoms with E-state index in [1.807, 2.05) is 4.90 Å². The van der Waals surface area contributed by atoms with Crippen molar-refractivity contribution in [3.8, 4) is 0 Å². The van der Waals surface area contributed by atoms with E-state index < -0.39 is 0 Å². The number of thioether (sulfide) groups is 1. The number of carbonyl (C=O) groups is 2. The molecule has 0 spiro atoms. The first-order valence-corrected chi connectivity index (χ1v) is 9.94. The fourth-order valence-electron chi connectivity index (χ4n) is 3.61. The van der Waals surface area contributed by atoms with Gasteiger partial charge in [0.15, 0.2) is 5.17 Å². The maximum atomic E-state index is 12.4. The molecule has 0 aromatic rings. The summed E-state index contributed by atoms with van der Waals surface area (Å²) in [6.07, 6.45) is 11.0. The van der Waals surface area contributed by atoms with Gasteiger partial charge in [-0.05, 0) is 25.7 Å². The summed E-state index contributed by atoms with van der Waals surface area (Å²) in [4.78, 5) is 30.6. The summed E-state index contributed by atoms with van der Waals surface area (Å²) in [5.74, 6) is -0.0247. The van der Waals surface area contributed by atoms with E-state index in [4.69, 9.17) is 0 Å². The van der Waals surface area contributed by atoms with E-state index in [1.165, 1.54) is 43.9 Å². The summed E-state index contributed by atoms with van der Waals surface area (Å²) in [6, 6.07) is 0.447. The van der Waals surface area contributed by atoms with E-state index in [9.17, 15) is 9.59 Å². The highest BCUT2D eigenvalue weighted by molar-refractivity contribution is 8.15. The molecule has 0 aromatic carbocycles. The van der Waals surface area contributed by atoms with E-state index in [0.717, 1.165) is 43.9 Å². The van der Waals surface area contributed by atoms with Gasteiger partial charge >= 0.3 is 0 Å². The van der Waals surface area contributed by atoms with Crippen LogP contribution in [-0.4, -0.2) is 46.3 Å². The monoisotopic (exact) mass is 337 g/mol. The van der Waals surface area contributed by atoms with Crippen molar-refractivity contribution in [2.24, 2.45) is 4.99 Å². The molecule has 128 valence electrons. The van der Waals surface area contributed by atoms with Crippen molar-refractivity contribution < 1.29 is 9.59 Å². The number of amides is 2. The van der Waals surface area contributed by atoms with Gasteiger partial charge < -0.3 is 10.2 Å². The maximum Gasteiger partial charge on any atom is 0.262 e. The Bertz CT molecular complexity index is 466. The van der Waals surface area contributed by atoms with Gasteiger partial charge in [0.25, 0.3) is 5.91 Å². The first kappa shape index (κ1) is 16.8. The van der Waals surface area contributed by atoms with Crippen LogP contribution in [0.1, 0.15) is 64.2 Å². The minimum atomic E-state index is -0.322. The van der Waals surface area contributed by atoms with Gasteiger partial charge in [0, 0.05) is 25.6 Å². The molecule has 1 unspecified atom stereocenters. The third-order valence-electron chi connectivity index (χ3n) is 4.99. The molecule has 6 heteroatoms. The van der Waals surface area contributed by atoms with Gasteiger partial charge in [0.1, 0.15) is 5.25 Å². The molecule has 23 heavy (non-hydrogen) atoms. The molecule has 1 aliphatic carbocycles. The van der Waals surface area contributed by atoms with Crippen molar-refractivity contribution in [3.63, 3.8) is 0 Å². The molecule has 2 heterocycles. The van der Waals surface area contributed by atoms with Crippen LogP contribution in [0.4, 0.5) is 0 Å². The first-order chi connectivity index (χ1) is 11.2. The largest absolute Gasteiger partial charge is 0.362 e. The number of hydrogen-bond donors (Lipinski definition) is 1. The summed E-state index contributed by atoms with van der Waals surface area (Å²) >= 11 is 1.45. The van der Waals surface area contributed by atoms with Crippen molar-refractivity contribution in [1.82, 2.24) is 10.2 Å². The fraction of sp³-hybridized carbons (Fsp3) is 0.824. The van der Waals surface area contributed by atoms with Crippen molar-refractivity contribution in [3.05, 3.63) is 0 Å². The van der Waals surface area contributed by atoms with Crippen molar-refractivity contribution >= 4 is 28.7 Å². The predicted octanol–water partition coefficient (Wildman–Crippen LogP) is 2.70. The van der Waals surface area contributed by atoms with Crippen LogP contribution in [-0.2, 0) is 9.59 Å². The molecular formula is C17H27N3O2S. The van der Waals surface area contributed by atoms with Crippen LogP contribution in [0.3, 0.4) is 0 Å². The van der Waals surface area contributed by atoms with E-state index in [0.29, 0.717) is 12.5 Å². The Balaban J connectivity index is 1.47. The van der Waals surface area contributed by atoms with Crippen LogP contribution < -0.4 is 5.32 Å². The lowest BCUT2D eigenvalue weighted by Crippen LogP contribution is -2.35. The predicted molar refractivity (Wildman–Crippen MR) is 93.5 cm³/mol. The average molecular weight is 337 g/mol. The third kappa shape index (κ3) is 4.72. The molecule has 2 aliphatic heterocycles. The molecule has 1 saturated heterocycles. The van der Waals surface area contributed by atoms with Gasteiger partial charge in [-0.3, -0.25) is 9.59 Å². The standard InChI is InChI=1S/C17H27N3O2S/c21-15(20-10-6-1-2-7-11-20)12-14-16(22)19-17(23-14)18-13-8-4-3-5-9-13/h13-14H,1-12H2,(H,18,19,22). The number of nitrogens with one attached hydrogen (secondary N) is 1. The van der Waals surface area contributed by atoms with Gasteiger partial charge in [-0.2, -0.15) is 4.99 Å². The van der Waals surface area contributed by atoms with Gasteiger partial charge in [0.2, 0.25) is 5.91 Å². The zero-order chi connectivity index (χ0) is 16.1. The fourth-order valence-corrected chi connectivity index (χ4v) is 4.63. The topological polar surface area (TPSA) is 61.8 Å². The Labute approximate surface area is 142 Å². The van der Waals surface area contributed by atoms with E-state index in [-0.39, 0.29) is 17.1 Å². The molecular weight excluding hydrogens is 310 g/mol. The average Bonchev–Trinajstić information content (AvgIpc) is 2.77. The Kier molecular flexibility index (Phi) is 5.97. The molecule has 2 fully saturated rings. The molecule has 5 nitrogen and oxygen atoms in total. The second-order valence-electron chi connectivity index (χ2n) is 6.84. The minimum absolute atomic E-state index is 0.117. The number of nitrogens with zero attached hydrogens (tertiary/aromatic N) is 2. The minimum Gasteiger partial charge on any atom is -0.362 e. The van der Waals surface area contributed by atoms with Crippen molar-refractivity contribution in [2.45, 2.75) is 75.5 Å². The van der Waals surface area contributed by atoms with Gasteiger partial charge in [-0.1, -0.05) is 43.9 Å². The Hall–Kier alpha value is -1.04. The summed E-state index contributed by atoms with van der Waals surface area (Å²) < 4.78 is 0. The highest BCUT2D eigenvalue weighted by atomic mass is 32.2. The molecule has 0 bridgehead atoms. The maximum absolute atomic E-state index is 12.4. The van der Waals surface area contributed by atoms with Crippen LogP contribution in [0, 0.1) is 0 Å². The SMILES string of the molecule is O=C1N=C(NC2CCCCC2)SC1CC(=O)N1CCCCCC1. The lowest BCUT2D eigenvalue weighted by atomic mass is 9.96. The van der Waals surface area contributed by atoms with E-state index in [1.54, 1.807) is 0 Å². The quantitative estimate of drug-likeness (QED) is 0.860. The lowest BCUT2D eigenvalue weighted by Gasteiger charge is -2.23. The molecule has 0 aromatic heterocycles. The van der Waals surface area contributed by atoms with Crippen molar-refractivity contribution in [1.29, 1.82) is 0 Å². The molecule has 1 saturated carbocycles. The van der Waals surface area contributed by atoms with Crippen LogP contribution in [0.15, 0.2) is 4.99 Å². The highest BCUT2D eigenvalue weighted by Gasteiger charge is 2.33. The molecule has 2 amide bonds. The zero-order valence-electron chi connectivity index (χ0n) is 13.8. The second kappa shape index (κ2) is 8.18. The van der Waals surface area contributed by atoms with Crippen LogP contribution >= 0.6 is 11.8 Å².